The van der Waals surface area contributed by atoms with Crippen molar-refractivity contribution >= 4 is 0 Å². The molecule has 0 aliphatic carbocycles. The molecule has 0 fully saturated rings. The highest BCUT2D eigenvalue weighted by Gasteiger charge is 2.05. The lowest BCUT2D eigenvalue weighted by molar-refractivity contribution is 1.51. The van der Waals surface area contributed by atoms with E-state index in [1.807, 2.05) is 72.8 Å². The highest BCUT2D eigenvalue weighted by molar-refractivity contribution is 5.62. The van der Waals surface area contributed by atoms with Crippen molar-refractivity contribution in [2.75, 3.05) is 0 Å². The molecule has 0 aliphatic rings. The van der Waals surface area contributed by atoms with Crippen molar-refractivity contribution in [3.8, 4) is 48.4 Å². The highest BCUT2D eigenvalue weighted by Crippen LogP contribution is 2.15. The minimum atomic E-state index is 0.685. The third-order valence-corrected chi connectivity index (χ3v) is 3.70. The third kappa shape index (κ3) is 4.05. The fraction of sp³-hybridized carbons (Fsp3) is 0. The van der Waals surface area contributed by atoms with Crippen LogP contribution >= 0.6 is 0 Å². The lowest BCUT2D eigenvalue weighted by atomic mass is 9.98. The maximum Gasteiger partial charge on any atom is 0.0418 e. The number of hydrogen-bond acceptors (Lipinski definition) is 0. The minimum absolute atomic E-state index is 0.685. The molecule has 0 nitrogen and oxygen atoms in total. The maximum atomic E-state index is 5.67. The maximum absolute atomic E-state index is 5.67. The lowest BCUT2D eigenvalue weighted by Crippen LogP contribution is -1.92. The molecule has 0 spiro atoms. The molecule has 0 heterocycles. The molecular formula is C26H14. The Hall–Kier alpha value is -4.10. The van der Waals surface area contributed by atoms with E-state index in [2.05, 4.69) is 35.5 Å². The van der Waals surface area contributed by atoms with Gasteiger partial charge < -0.3 is 0 Å². The fourth-order valence-corrected chi connectivity index (χ4v) is 2.37. The molecule has 0 radical (unpaired) electrons. The quantitative estimate of drug-likeness (QED) is 0.536. The number of rotatable bonds is 0. The summed E-state index contributed by atoms with van der Waals surface area (Å²) in [5.41, 5.74) is 4.68. The Kier molecular flexibility index (Phi) is 5.24. The van der Waals surface area contributed by atoms with E-state index in [0.29, 0.717) is 11.1 Å². The topological polar surface area (TPSA) is 0 Å². The van der Waals surface area contributed by atoms with E-state index in [-0.39, 0.29) is 0 Å². The van der Waals surface area contributed by atoms with E-state index < -0.39 is 0 Å². The SMILES string of the molecule is C#Cc1cc(C#Cc2ccccc2)c(C#C)cc1C#Cc1ccccc1. The minimum Gasteiger partial charge on any atom is -0.115 e. The molecule has 0 N–H and O–H groups in total. The summed E-state index contributed by atoms with van der Waals surface area (Å²) < 4.78 is 0. The van der Waals surface area contributed by atoms with Crippen LogP contribution in [0.2, 0.25) is 0 Å². The molecule has 3 aromatic carbocycles. The van der Waals surface area contributed by atoms with Crippen LogP contribution in [0.25, 0.3) is 0 Å². The van der Waals surface area contributed by atoms with Gasteiger partial charge in [0.1, 0.15) is 0 Å². The van der Waals surface area contributed by atoms with Crippen molar-refractivity contribution < 1.29 is 0 Å². The van der Waals surface area contributed by atoms with Crippen LogP contribution in [0.4, 0.5) is 0 Å². The summed E-state index contributed by atoms with van der Waals surface area (Å²) in [5.74, 6) is 17.8. The van der Waals surface area contributed by atoms with Gasteiger partial charge in [-0.1, -0.05) is 71.9 Å². The zero-order valence-corrected chi connectivity index (χ0v) is 14.1. The Morgan fingerprint density at radius 3 is 1.19 bits per heavy atom. The Balaban J connectivity index is 2.03. The average molecular weight is 326 g/mol. The molecule has 118 valence electrons. The van der Waals surface area contributed by atoms with E-state index in [9.17, 15) is 0 Å². The van der Waals surface area contributed by atoms with Crippen LogP contribution in [-0.2, 0) is 0 Å². The molecule has 26 heavy (non-hydrogen) atoms. The smallest absolute Gasteiger partial charge is 0.0418 e. The fourth-order valence-electron chi connectivity index (χ4n) is 2.37. The van der Waals surface area contributed by atoms with Crippen LogP contribution in [0.15, 0.2) is 72.8 Å². The summed E-state index contributed by atoms with van der Waals surface area (Å²) in [7, 11) is 0. The monoisotopic (exact) mass is 326 g/mol. The van der Waals surface area contributed by atoms with E-state index >= 15 is 0 Å². The highest BCUT2D eigenvalue weighted by atomic mass is 14.1. The van der Waals surface area contributed by atoms with Crippen LogP contribution in [0.5, 0.6) is 0 Å². The second kappa shape index (κ2) is 8.13. The first kappa shape index (κ1) is 16.7. The van der Waals surface area contributed by atoms with Gasteiger partial charge in [-0.25, -0.2) is 0 Å². The molecule has 0 amide bonds. The number of hydrogen-bond donors (Lipinski definition) is 0. The first-order valence-electron chi connectivity index (χ1n) is 8.05. The summed E-state index contributed by atoms with van der Waals surface area (Å²) in [6.45, 7) is 0. The summed E-state index contributed by atoms with van der Waals surface area (Å²) in [4.78, 5) is 0. The van der Waals surface area contributed by atoms with Crippen LogP contribution in [0.3, 0.4) is 0 Å². The largest absolute Gasteiger partial charge is 0.115 e. The summed E-state index contributed by atoms with van der Waals surface area (Å²) in [5, 5.41) is 0. The van der Waals surface area contributed by atoms with Gasteiger partial charge in [-0.15, -0.1) is 12.8 Å². The van der Waals surface area contributed by atoms with Crippen LogP contribution < -0.4 is 0 Å². The van der Waals surface area contributed by atoms with Crippen LogP contribution in [0, 0.1) is 48.4 Å². The second-order valence-corrected chi connectivity index (χ2v) is 5.46. The predicted molar refractivity (Wildman–Crippen MR) is 107 cm³/mol. The molecule has 3 rings (SSSR count). The molecule has 0 atom stereocenters. The lowest BCUT2D eigenvalue weighted by Gasteiger charge is -2.02. The standard InChI is InChI=1S/C26H14/c1-3-23-19-26(18-16-22-13-9-6-10-14-22)24(4-2)20-25(23)17-15-21-11-7-5-8-12-21/h1-2,5-14,19-20H. The van der Waals surface area contributed by atoms with Gasteiger partial charge in [0.2, 0.25) is 0 Å². The zero-order chi connectivity index (χ0) is 18.2. The van der Waals surface area contributed by atoms with Gasteiger partial charge in [0.05, 0.1) is 0 Å². The van der Waals surface area contributed by atoms with E-state index in [1.165, 1.54) is 0 Å². The Labute approximate surface area is 154 Å². The van der Waals surface area contributed by atoms with E-state index in [1.54, 1.807) is 0 Å². The zero-order valence-electron chi connectivity index (χ0n) is 14.1. The van der Waals surface area contributed by atoms with Crippen molar-refractivity contribution in [2.24, 2.45) is 0 Å². The van der Waals surface area contributed by atoms with E-state index in [4.69, 9.17) is 12.8 Å². The molecule has 0 saturated heterocycles. The van der Waals surface area contributed by atoms with Gasteiger partial charge in [-0.05, 0) is 36.4 Å². The molecule has 0 heteroatoms. The van der Waals surface area contributed by atoms with Crippen molar-refractivity contribution in [3.63, 3.8) is 0 Å². The Morgan fingerprint density at radius 2 is 0.846 bits per heavy atom. The Bertz CT molecular complexity index is 1030. The molecule has 0 bridgehead atoms. The van der Waals surface area contributed by atoms with Gasteiger partial charge in [-0.2, -0.15) is 0 Å². The van der Waals surface area contributed by atoms with Gasteiger partial charge in [0, 0.05) is 33.4 Å². The third-order valence-electron chi connectivity index (χ3n) is 3.70. The predicted octanol–water partition coefficient (Wildman–Crippen LogP) is 4.45. The van der Waals surface area contributed by atoms with Crippen molar-refractivity contribution in [2.45, 2.75) is 0 Å². The average Bonchev–Trinajstić information content (AvgIpc) is 2.72. The summed E-state index contributed by atoms with van der Waals surface area (Å²) in [6.07, 6.45) is 11.3. The summed E-state index contributed by atoms with van der Waals surface area (Å²) >= 11 is 0. The molecule has 0 aliphatic heterocycles. The first-order chi connectivity index (χ1) is 12.8. The molecule has 0 unspecified atom stereocenters. The molecular weight excluding hydrogens is 312 g/mol. The summed E-state index contributed by atoms with van der Waals surface area (Å²) in [6, 6.07) is 23.2. The second-order valence-electron chi connectivity index (χ2n) is 5.46. The number of benzene rings is 3. The molecule has 0 aromatic heterocycles. The van der Waals surface area contributed by atoms with Gasteiger partial charge >= 0.3 is 0 Å². The normalized spacial score (nSPS) is 8.85. The Morgan fingerprint density at radius 1 is 0.462 bits per heavy atom. The van der Waals surface area contributed by atoms with Gasteiger partial charge in [0.25, 0.3) is 0 Å². The van der Waals surface area contributed by atoms with Crippen LogP contribution in [-0.4, -0.2) is 0 Å². The van der Waals surface area contributed by atoms with Crippen molar-refractivity contribution in [1.29, 1.82) is 0 Å². The van der Waals surface area contributed by atoms with Crippen LogP contribution in [0.1, 0.15) is 33.4 Å². The van der Waals surface area contributed by atoms with Gasteiger partial charge in [-0.3, -0.25) is 0 Å². The molecule has 0 saturated carbocycles. The van der Waals surface area contributed by atoms with Gasteiger partial charge in [0.15, 0.2) is 0 Å². The number of terminal acetylenes is 2. The van der Waals surface area contributed by atoms with Crippen molar-refractivity contribution in [1.82, 2.24) is 0 Å². The first-order valence-corrected chi connectivity index (χ1v) is 8.05. The van der Waals surface area contributed by atoms with E-state index in [0.717, 1.165) is 22.3 Å². The molecule has 3 aromatic rings. The van der Waals surface area contributed by atoms with Crippen molar-refractivity contribution in [3.05, 3.63) is 106 Å².